The first kappa shape index (κ1) is 23.5. The summed E-state index contributed by atoms with van der Waals surface area (Å²) < 4.78 is 40.1. The number of urea groups is 1. The van der Waals surface area contributed by atoms with Crippen molar-refractivity contribution in [3.05, 3.63) is 65.5 Å². The monoisotopic (exact) mass is 442 g/mol. The number of halogens is 4. The van der Waals surface area contributed by atoms with Gasteiger partial charge in [0.15, 0.2) is 11.6 Å². The van der Waals surface area contributed by atoms with Gasteiger partial charge in [-0.15, -0.1) is 12.4 Å². The molecule has 0 bridgehead atoms. The van der Waals surface area contributed by atoms with Gasteiger partial charge in [0.1, 0.15) is 5.82 Å². The van der Waals surface area contributed by atoms with E-state index in [2.05, 4.69) is 5.32 Å². The zero-order valence-electron chi connectivity index (χ0n) is 16.0. The van der Waals surface area contributed by atoms with Crippen molar-refractivity contribution >= 4 is 30.0 Å². The second-order valence-corrected chi connectivity index (χ2v) is 6.82. The van der Waals surface area contributed by atoms with Crippen LogP contribution >= 0.6 is 12.4 Å². The fourth-order valence-corrected chi connectivity index (χ4v) is 3.20. The van der Waals surface area contributed by atoms with Crippen molar-refractivity contribution in [2.45, 2.75) is 25.3 Å². The molecule has 1 aliphatic heterocycles. The van der Waals surface area contributed by atoms with Gasteiger partial charge in [-0.2, -0.15) is 0 Å². The lowest BCUT2D eigenvalue weighted by molar-refractivity contribution is -0.140. The third-order valence-corrected chi connectivity index (χ3v) is 4.59. The van der Waals surface area contributed by atoms with E-state index in [1.807, 2.05) is 6.07 Å². The highest BCUT2D eigenvalue weighted by Gasteiger charge is 2.31. The molecule has 1 atom stereocenters. The molecule has 1 aliphatic rings. The van der Waals surface area contributed by atoms with Crippen LogP contribution < -0.4 is 11.1 Å². The maximum Gasteiger partial charge on any atom is 0.340 e. The van der Waals surface area contributed by atoms with Crippen LogP contribution in [0.5, 0.6) is 0 Å². The summed E-state index contributed by atoms with van der Waals surface area (Å²) in [7, 11) is 0. The second-order valence-electron chi connectivity index (χ2n) is 6.82. The van der Waals surface area contributed by atoms with Crippen LogP contribution in [0.15, 0.2) is 42.5 Å². The topological polar surface area (TPSA) is 78.7 Å². The average Bonchev–Trinajstić information content (AvgIpc) is 3.17. The fraction of sp³-hybridized carbons (Fsp3) is 0.300. The van der Waals surface area contributed by atoms with Crippen LogP contribution in [0.4, 0.5) is 23.7 Å². The molecular formula is C20H22ClF3N4O2. The Hall–Kier alpha value is -2.78. The smallest absolute Gasteiger partial charge is 0.327 e. The molecule has 0 aromatic heterocycles. The fourth-order valence-electron chi connectivity index (χ4n) is 3.20. The van der Waals surface area contributed by atoms with Gasteiger partial charge in [-0.25, -0.2) is 28.0 Å². The third kappa shape index (κ3) is 5.64. The third-order valence-electron chi connectivity index (χ3n) is 4.59. The molecule has 0 saturated carbocycles. The van der Waals surface area contributed by atoms with Crippen LogP contribution in [-0.4, -0.2) is 41.1 Å². The van der Waals surface area contributed by atoms with E-state index in [1.54, 1.807) is 24.3 Å². The molecule has 1 heterocycles. The van der Waals surface area contributed by atoms with Crippen LogP contribution in [0.2, 0.25) is 0 Å². The molecule has 162 valence electrons. The number of hydrogen-bond donors (Lipinski definition) is 2. The summed E-state index contributed by atoms with van der Waals surface area (Å²) in [6.07, 6.45) is 0.299. The molecule has 0 spiro atoms. The summed E-state index contributed by atoms with van der Waals surface area (Å²) in [5, 5.41) is 5.33. The van der Waals surface area contributed by atoms with Crippen molar-refractivity contribution in [3.63, 3.8) is 0 Å². The van der Waals surface area contributed by atoms with E-state index in [0.29, 0.717) is 31.3 Å². The lowest BCUT2D eigenvalue weighted by Gasteiger charge is -2.29. The van der Waals surface area contributed by atoms with Crippen molar-refractivity contribution in [2.24, 2.45) is 5.73 Å². The van der Waals surface area contributed by atoms with Crippen molar-refractivity contribution < 1.29 is 22.8 Å². The highest BCUT2D eigenvalue weighted by atomic mass is 35.5. The van der Waals surface area contributed by atoms with E-state index in [0.717, 1.165) is 6.07 Å². The summed E-state index contributed by atoms with van der Waals surface area (Å²) in [5.74, 6) is -3.78. The van der Waals surface area contributed by atoms with Gasteiger partial charge in [-0.3, -0.25) is 4.79 Å². The Labute approximate surface area is 178 Å². The van der Waals surface area contributed by atoms with Crippen LogP contribution in [0, 0.1) is 17.5 Å². The second kappa shape index (κ2) is 10.3. The highest BCUT2D eigenvalue weighted by molar-refractivity contribution is 5.91. The maximum atomic E-state index is 13.8. The standard InChI is InChI=1S/C20H21F3N4O2.ClH/c21-16-12-18(23)17(22)10-13(16)9-14(24)11-19(28)26-7-4-8-27(26)20(29)25-15-5-2-1-3-6-15;/h1-3,5-6,10,12,14H,4,7-9,11,24H2,(H,25,29);1H/t14-;/m1./s1. The minimum Gasteiger partial charge on any atom is -0.327 e. The minimum absolute atomic E-state index is 0. The predicted octanol–water partition coefficient (Wildman–Crippen LogP) is 3.47. The number of nitrogens with zero attached hydrogens (tertiary/aromatic N) is 2. The van der Waals surface area contributed by atoms with Gasteiger partial charge in [0, 0.05) is 37.3 Å². The summed E-state index contributed by atoms with van der Waals surface area (Å²) in [6, 6.07) is 8.76. The van der Waals surface area contributed by atoms with Gasteiger partial charge in [-0.1, -0.05) is 18.2 Å². The molecule has 2 aromatic carbocycles. The first-order chi connectivity index (χ1) is 13.8. The van der Waals surface area contributed by atoms with Crippen LogP contribution in [0.25, 0.3) is 0 Å². The molecule has 3 N–H and O–H groups in total. The normalized spacial score (nSPS) is 14.3. The Bertz CT molecular complexity index is 901. The molecule has 6 nitrogen and oxygen atoms in total. The number of rotatable bonds is 5. The van der Waals surface area contributed by atoms with Gasteiger partial charge in [0.25, 0.3) is 0 Å². The van der Waals surface area contributed by atoms with E-state index in [9.17, 15) is 22.8 Å². The number of carbonyl (C=O) groups excluding carboxylic acids is 2. The zero-order chi connectivity index (χ0) is 21.0. The quantitative estimate of drug-likeness (QED) is 0.696. The van der Waals surface area contributed by atoms with E-state index < -0.39 is 35.4 Å². The molecule has 2 aromatic rings. The number of benzene rings is 2. The number of amides is 3. The molecule has 1 fully saturated rings. The Balaban J connectivity index is 0.00000320. The molecule has 1 saturated heterocycles. The number of hydrogen-bond acceptors (Lipinski definition) is 3. The Morgan fingerprint density at radius 2 is 1.63 bits per heavy atom. The van der Waals surface area contributed by atoms with Crippen molar-refractivity contribution in [1.82, 2.24) is 10.0 Å². The van der Waals surface area contributed by atoms with Gasteiger partial charge in [-0.05, 0) is 36.6 Å². The van der Waals surface area contributed by atoms with Crippen LogP contribution in [-0.2, 0) is 11.2 Å². The average molecular weight is 443 g/mol. The van der Waals surface area contributed by atoms with Gasteiger partial charge in [0.05, 0.1) is 0 Å². The van der Waals surface area contributed by atoms with E-state index in [-0.39, 0.29) is 30.8 Å². The van der Waals surface area contributed by atoms with Crippen molar-refractivity contribution in [3.8, 4) is 0 Å². The molecule has 0 radical (unpaired) electrons. The first-order valence-corrected chi connectivity index (χ1v) is 9.18. The van der Waals surface area contributed by atoms with E-state index in [1.165, 1.54) is 10.0 Å². The number of nitrogens with two attached hydrogens (primary N) is 1. The van der Waals surface area contributed by atoms with Gasteiger partial charge >= 0.3 is 6.03 Å². The van der Waals surface area contributed by atoms with Gasteiger partial charge < -0.3 is 11.1 Å². The largest absolute Gasteiger partial charge is 0.340 e. The number of anilines is 1. The molecule has 30 heavy (non-hydrogen) atoms. The summed E-state index contributed by atoms with van der Waals surface area (Å²) >= 11 is 0. The molecule has 0 aliphatic carbocycles. The first-order valence-electron chi connectivity index (χ1n) is 9.18. The highest BCUT2D eigenvalue weighted by Crippen LogP contribution is 2.18. The summed E-state index contributed by atoms with van der Waals surface area (Å²) in [5.41, 5.74) is 6.42. The number of carbonyl (C=O) groups is 2. The molecule has 0 unspecified atom stereocenters. The molecule has 3 rings (SSSR count). The van der Waals surface area contributed by atoms with Gasteiger partial charge in [0.2, 0.25) is 5.91 Å². The number of nitrogens with one attached hydrogen (secondary N) is 1. The molecule has 10 heteroatoms. The maximum absolute atomic E-state index is 13.8. The number of hydrazine groups is 1. The predicted molar refractivity (Wildman–Crippen MR) is 108 cm³/mol. The van der Waals surface area contributed by atoms with Crippen molar-refractivity contribution in [1.29, 1.82) is 0 Å². The Morgan fingerprint density at radius 1 is 1.00 bits per heavy atom. The lowest BCUT2D eigenvalue weighted by atomic mass is 10.0. The van der Waals surface area contributed by atoms with E-state index >= 15 is 0 Å². The minimum atomic E-state index is -1.28. The van der Waals surface area contributed by atoms with Crippen LogP contribution in [0.1, 0.15) is 18.4 Å². The lowest BCUT2D eigenvalue weighted by Crippen LogP contribution is -2.48. The number of para-hydroxylation sites is 1. The Kier molecular flexibility index (Phi) is 8.08. The summed E-state index contributed by atoms with van der Waals surface area (Å²) in [6.45, 7) is 0.727. The van der Waals surface area contributed by atoms with Crippen LogP contribution in [0.3, 0.4) is 0 Å². The molecule has 3 amide bonds. The summed E-state index contributed by atoms with van der Waals surface area (Å²) in [4.78, 5) is 25.1. The molecular weight excluding hydrogens is 421 g/mol. The van der Waals surface area contributed by atoms with E-state index in [4.69, 9.17) is 5.73 Å². The van der Waals surface area contributed by atoms with Crippen molar-refractivity contribution in [2.75, 3.05) is 18.4 Å². The SMILES string of the molecule is Cl.N[C@@H](CC(=O)N1CCCN1C(=O)Nc1ccccc1)Cc1cc(F)c(F)cc1F. The zero-order valence-corrected chi connectivity index (χ0v) is 16.8. The Morgan fingerprint density at radius 3 is 2.33 bits per heavy atom.